The van der Waals surface area contributed by atoms with Crippen molar-refractivity contribution < 1.29 is 0 Å². The molecule has 0 aromatic carbocycles. The number of nitrogens with zero attached hydrogens (tertiary/aromatic N) is 2. The lowest BCUT2D eigenvalue weighted by molar-refractivity contribution is 0.579. The fourth-order valence-corrected chi connectivity index (χ4v) is 2.60. The van der Waals surface area contributed by atoms with Crippen LogP contribution < -0.4 is 11.1 Å². The van der Waals surface area contributed by atoms with Crippen LogP contribution in [0.1, 0.15) is 48.7 Å². The molecule has 1 atom stereocenters. The van der Waals surface area contributed by atoms with Crippen LogP contribution in [0.3, 0.4) is 0 Å². The third kappa shape index (κ3) is 3.39. The molecule has 0 amide bonds. The summed E-state index contributed by atoms with van der Waals surface area (Å²) in [5.41, 5.74) is 10.6. The molecule has 2 rings (SSSR count). The number of nitrogens with two attached hydrogens (primary N) is 1. The molecule has 112 valence electrons. The number of rotatable bonds is 6. The summed E-state index contributed by atoms with van der Waals surface area (Å²) in [5.74, 6) is 0.580. The van der Waals surface area contributed by atoms with Crippen LogP contribution in [0.25, 0.3) is 0 Å². The van der Waals surface area contributed by atoms with E-state index in [4.69, 9.17) is 5.73 Å². The highest BCUT2D eigenvalue weighted by Gasteiger charge is 2.22. The first-order valence-electron chi connectivity index (χ1n) is 7.57. The van der Waals surface area contributed by atoms with Gasteiger partial charge in [0, 0.05) is 18.0 Å². The van der Waals surface area contributed by atoms with E-state index in [1.807, 2.05) is 18.3 Å². The molecular formula is C17H24N4. The highest BCUT2D eigenvalue weighted by molar-refractivity contribution is 5.49. The third-order valence-corrected chi connectivity index (χ3v) is 3.71. The fraction of sp³-hybridized carbons (Fsp3) is 0.412. The molecule has 0 aliphatic carbocycles. The van der Waals surface area contributed by atoms with E-state index in [9.17, 15) is 0 Å². The number of aryl methyl sites for hydroxylation is 2. The van der Waals surface area contributed by atoms with Crippen LogP contribution in [0.5, 0.6) is 0 Å². The second-order valence-electron chi connectivity index (χ2n) is 5.22. The molecule has 21 heavy (non-hydrogen) atoms. The molecule has 2 aromatic rings. The molecule has 1 unspecified atom stereocenters. The number of hydrogen-bond acceptors (Lipinski definition) is 4. The molecule has 2 heterocycles. The average Bonchev–Trinajstić information content (AvgIpc) is 2.50. The third-order valence-electron chi connectivity index (χ3n) is 3.71. The Morgan fingerprint density at radius 3 is 2.67 bits per heavy atom. The van der Waals surface area contributed by atoms with Crippen LogP contribution in [0, 0.1) is 6.92 Å². The van der Waals surface area contributed by atoms with Gasteiger partial charge >= 0.3 is 0 Å². The van der Waals surface area contributed by atoms with E-state index in [2.05, 4.69) is 42.1 Å². The molecule has 2 aromatic heterocycles. The Labute approximate surface area is 126 Å². The second kappa shape index (κ2) is 7.18. The summed E-state index contributed by atoms with van der Waals surface area (Å²) in [6, 6.07) is 6.11. The monoisotopic (exact) mass is 284 g/mol. The van der Waals surface area contributed by atoms with Crippen molar-refractivity contribution >= 4 is 5.82 Å². The predicted molar refractivity (Wildman–Crippen MR) is 87.1 cm³/mol. The maximum atomic E-state index is 6.14. The number of nitrogen functional groups attached to an aromatic ring is 1. The van der Waals surface area contributed by atoms with E-state index in [1.54, 1.807) is 6.20 Å². The van der Waals surface area contributed by atoms with Crippen LogP contribution in [0.2, 0.25) is 0 Å². The van der Waals surface area contributed by atoms with Crippen LogP contribution in [-0.4, -0.2) is 16.5 Å². The molecule has 0 fully saturated rings. The smallest absolute Gasteiger partial charge is 0.128 e. The molecule has 0 aliphatic rings. The molecular weight excluding hydrogens is 260 g/mol. The van der Waals surface area contributed by atoms with Crippen LogP contribution >= 0.6 is 0 Å². The first kappa shape index (κ1) is 15.4. The Morgan fingerprint density at radius 1 is 1.19 bits per heavy atom. The van der Waals surface area contributed by atoms with Crippen molar-refractivity contribution in [2.24, 2.45) is 0 Å². The predicted octanol–water partition coefficient (Wildman–Crippen LogP) is 3.02. The van der Waals surface area contributed by atoms with Crippen LogP contribution in [0.15, 0.2) is 30.6 Å². The summed E-state index contributed by atoms with van der Waals surface area (Å²) in [4.78, 5) is 8.88. The van der Waals surface area contributed by atoms with Gasteiger partial charge in [0.1, 0.15) is 5.82 Å². The molecule has 0 aliphatic heterocycles. The summed E-state index contributed by atoms with van der Waals surface area (Å²) < 4.78 is 0. The molecule has 0 bridgehead atoms. The topological polar surface area (TPSA) is 63.8 Å². The number of aromatic nitrogens is 2. The minimum atomic E-state index is -0.00481. The van der Waals surface area contributed by atoms with Gasteiger partial charge in [0.15, 0.2) is 0 Å². The van der Waals surface area contributed by atoms with Gasteiger partial charge in [-0.3, -0.25) is 4.98 Å². The van der Waals surface area contributed by atoms with Gasteiger partial charge in [-0.15, -0.1) is 0 Å². The van der Waals surface area contributed by atoms with Gasteiger partial charge in [-0.2, -0.15) is 0 Å². The Hall–Kier alpha value is -1.94. The Morgan fingerprint density at radius 2 is 2.00 bits per heavy atom. The molecule has 3 N–H and O–H groups in total. The maximum Gasteiger partial charge on any atom is 0.128 e. The highest BCUT2D eigenvalue weighted by Crippen LogP contribution is 2.29. The number of pyridine rings is 2. The molecule has 0 saturated heterocycles. The van der Waals surface area contributed by atoms with Gasteiger partial charge in [0.2, 0.25) is 0 Å². The van der Waals surface area contributed by atoms with Crippen molar-refractivity contribution in [1.82, 2.24) is 15.3 Å². The first-order chi connectivity index (χ1) is 10.2. The second-order valence-corrected chi connectivity index (χ2v) is 5.22. The van der Waals surface area contributed by atoms with Crippen molar-refractivity contribution in [3.05, 3.63) is 53.0 Å². The standard InChI is InChI=1S/C17H24N4/c1-4-9-19-16(14-12(3)8-11-21-17(14)18)15-13(5-2)7-6-10-20-15/h6-8,10-11,16,19H,4-5,9H2,1-3H3,(H2,18,21). The number of hydrogen-bond donors (Lipinski definition) is 2. The average molecular weight is 284 g/mol. The summed E-state index contributed by atoms with van der Waals surface area (Å²) in [7, 11) is 0. The fourth-order valence-electron chi connectivity index (χ4n) is 2.60. The SMILES string of the molecule is CCCNC(c1ncccc1CC)c1c(C)ccnc1N. The summed E-state index contributed by atoms with van der Waals surface area (Å²) in [6.45, 7) is 7.29. The lowest BCUT2D eigenvalue weighted by Crippen LogP contribution is -2.27. The van der Waals surface area contributed by atoms with Gasteiger partial charge in [0.05, 0.1) is 11.7 Å². The normalized spacial score (nSPS) is 12.3. The number of nitrogens with one attached hydrogen (secondary N) is 1. The van der Waals surface area contributed by atoms with E-state index in [0.29, 0.717) is 5.82 Å². The molecule has 0 radical (unpaired) electrons. The van der Waals surface area contributed by atoms with E-state index < -0.39 is 0 Å². The lowest BCUT2D eigenvalue weighted by atomic mass is 9.95. The number of anilines is 1. The van der Waals surface area contributed by atoms with Gasteiger partial charge in [-0.1, -0.05) is 19.9 Å². The van der Waals surface area contributed by atoms with Crippen molar-refractivity contribution in [2.75, 3.05) is 12.3 Å². The zero-order chi connectivity index (χ0) is 15.2. The summed E-state index contributed by atoms with van der Waals surface area (Å²) in [5, 5.41) is 3.58. The molecule has 4 nitrogen and oxygen atoms in total. The maximum absolute atomic E-state index is 6.14. The first-order valence-corrected chi connectivity index (χ1v) is 7.57. The summed E-state index contributed by atoms with van der Waals surface area (Å²) >= 11 is 0. The van der Waals surface area contributed by atoms with Crippen molar-refractivity contribution in [1.29, 1.82) is 0 Å². The van der Waals surface area contributed by atoms with E-state index >= 15 is 0 Å². The Balaban J connectivity index is 2.53. The minimum absolute atomic E-state index is 0.00481. The van der Waals surface area contributed by atoms with E-state index in [-0.39, 0.29) is 6.04 Å². The Bertz CT molecular complexity index is 575. The van der Waals surface area contributed by atoms with Crippen molar-refractivity contribution in [3.8, 4) is 0 Å². The van der Waals surface area contributed by atoms with Crippen LogP contribution in [-0.2, 0) is 6.42 Å². The summed E-state index contributed by atoms with van der Waals surface area (Å²) in [6.07, 6.45) is 5.61. The molecule has 4 heteroatoms. The van der Waals surface area contributed by atoms with Crippen molar-refractivity contribution in [2.45, 2.75) is 39.7 Å². The van der Waals surface area contributed by atoms with Gasteiger partial charge < -0.3 is 11.1 Å². The highest BCUT2D eigenvalue weighted by atomic mass is 15.0. The van der Waals surface area contributed by atoms with Gasteiger partial charge in [-0.25, -0.2) is 4.98 Å². The molecule has 0 spiro atoms. The zero-order valence-electron chi connectivity index (χ0n) is 13.1. The van der Waals surface area contributed by atoms with Gasteiger partial charge in [-0.05, 0) is 49.6 Å². The molecule has 0 saturated carbocycles. The largest absolute Gasteiger partial charge is 0.383 e. The zero-order valence-corrected chi connectivity index (χ0v) is 13.1. The van der Waals surface area contributed by atoms with Gasteiger partial charge in [0.25, 0.3) is 0 Å². The van der Waals surface area contributed by atoms with E-state index in [1.165, 1.54) is 5.56 Å². The Kier molecular flexibility index (Phi) is 5.28. The van der Waals surface area contributed by atoms with E-state index in [0.717, 1.165) is 36.2 Å². The lowest BCUT2D eigenvalue weighted by Gasteiger charge is -2.23. The van der Waals surface area contributed by atoms with Crippen molar-refractivity contribution in [3.63, 3.8) is 0 Å². The quantitative estimate of drug-likeness (QED) is 0.856. The van der Waals surface area contributed by atoms with Crippen LogP contribution in [0.4, 0.5) is 5.82 Å². The minimum Gasteiger partial charge on any atom is -0.383 e.